The summed E-state index contributed by atoms with van der Waals surface area (Å²) in [5, 5.41) is 0. The third-order valence-electron chi connectivity index (χ3n) is 3.82. The van der Waals surface area contributed by atoms with E-state index in [0.717, 1.165) is 91.8 Å². The fraction of sp³-hybridized carbons (Fsp3) is 1.00. The fourth-order valence-corrected chi connectivity index (χ4v) is 2.54. The minimum absolute atomic E-state index is 0.723. The number of ether oxygens (including phenoxy) is 2. The number of rotatable bonds is 10. The van der Waals surface area contributed by atoms with Crippen molar-refractivity contribution in [3.05, 3.63) is 0 Å². The van der Waals surface area contributed by atoms with Gasteiger partial charge in [0, 0.05) is 52.5 Å². The van der Waals surface area contributed by atoms with E-state index in [1.54, 1.807) is 0 Å². The highest BCUT2D eigenvalue weighted by Crippen LogP contribution is 1.99. The van der Waals surface area contributed by atoms with Crippen LogP contribution in [-0.2, 0) is 18.8 Å². The highest BCUT2D eigenvalue weighted by molar-refractivity contribution is 6.17. The number of nitrogens with zero attached hydrogens (tertiary/aromatic N) is 2. The summed E-state index contributed by atoms with van der Waals surface area (Å²) in [7, 11) is 1.50. The van der Waals surface area contributed by atoms with E-state index in [4.69, 9.17) is 18.8 Å². The number of hydrogen-bond donors (Lipinski definition) is 0. The minimum Gasteiger partial charge on any atom is -0.413 e. The summed E-state index contributed by atoms with van der Waals surface area (Å²) in [5.74, 6) is 0. The molecule has 0 unspecified atom stereocenters. The summed E-state index contributed by atoms with van der Waals surface area (Å²) in [6, 6.07) is 0. The summed E-state index contributed by atoms with van der Waals surface area (Å²) in [4.78, 5) is 4.83. The van der Waals surface area contributed by atoms with Crippen molar-refractivity contribution < 1.29 is 18.8 Å². The van der Waals surface area contributed by atoms with Gasteiger partial charge in [-0.05, 0) is 12.8 Å². The SMILES string of the molecule is [B](OCCCN1CCOCC1)OCCCN1CCOCC1. The topological polar surface area (TPSA) is 43.4 Å². The molecular formula is C14H28BN2O4. The summed E-state index contributed by atoms with van der Waals surface area (Å²) in [6.45, 7) is 11.2. The molecule has 0 aromatic rings. The maximum absolute atomic E-state index is 5.38. The van der Waals surface area contributed by atoms with Gasteiger partial charge in [0.05, 0.1) is 26.4 Å². The standard InChI is InChI=1S/C14H28BN2O4/c1(3-16-5-11-18-12-6-16)9-20-15-21-10-2-4-17-7-13-19-14-8-17/h1-14H2. The maximum atomic E-state index is 5.38. The number of hydrogen-bond acceptors (Lipinski definition) is 6. The molecule has 0 spiro atoms. The van der Waals surface area contributed by atoms with Gasteiger partial charge in [-0.1, -0.05) is 0 Å². The lowest BCUT2D eigenvalue weighted by Gasteiger charge is -2.26. The van der Waals surface area contributed by atoms with Gasteiger partial charge in [-0.25, -0.2) is 0 Å². The zero-order valence-corrected chi connectivity index (χ0v) is 13.0. The van der Waals surface area contributed by atoms with E-state index in [-0.39, 0.29) is 0 Å². The van der Waals surface area contributed by atoms with Crippen LogP contribution in [0.15, 0.2) is 0 Å². The van der Waals surface area contributed by atoms with Crippen molar-refractivity contribution in [3.8, 4) is 0 Å². The molecule has 7 heteroatoms. The third kappa shape index (κ3) is 8.14. The van der Waals surface area contributed by atoms with Crippen molar-refractivity contribution in [2.24, 2.45) is 0 Å². The first kappa shape index (κ1) is 17.2. The Morgan fingerprint density at radius 2 is 1.14 bits per heavy atom. The molecule has 2 saturated heterocycles. The van der Waals surface area contributed by atoms with Gasteiger partial charge in [0.2, 0.25) is 0 Å². The second kappa shape index (κ2) is 11.4. The van der Waals surface area contributed by atoms with Crippen LogP contribution in [0.5, 0.6) is 0 Å². The van der Waals surface area contributed by atoms with Crippen molar-refractivity contribution >= 4 is 7.69 Å². The predicted molar refractivity (Wildman–Crippen MR) is 81.4 cm³/mol. The zero-order chi connectivity index (χ0) is 14.6. The van der Waals surface area contributed by atoms with Crippen LogP contribution in [0.2, 0.25) is 0 Å². The van der Waals surface area contributed by atoms with Crippen LogP contribution in [-0.4, -0.2) is 96.4 Å². The van der Waals surface area contributed by atoms with Gasteiger partial charge < -0.3 is 18.8 Å². The summed E-state index contributed by atoms with van der Waals surface area (Å²) in [6.07, 6.45) is 2.07. The van der Waals surface area contributed by atoms with E-state index in [0.29, 0.717) is 0 Å². The molecule has 0 amide bonds. The summed E-state index contributed by atoms with van der Waals surface area (Å²) < 4.78 is 21.4. The Kier molecular flexibility index (Phi) is 9.33. The summed E-state index contributed by atoms with van der Waals surface area (Å²) in [5.41, 5.74) is 0. The van der Waals surface area contributed by atoms with Gasteiger partial charge in [-0.3, -0.25) is 9.80 Å². The van der Waals surface area contributed by atoms with Gasteiger partial charge >= 0.3 is 7.69 Å². The predicted octanol–water partition coefficient (Wildman–Crippen LogP) is -0.00160. The molecular weight excluding hydrogens is 271 g/mol. The van der Waals surface area contributed by atoms with Gasteiger partial charge in [0.1, 0.15) is 0 Å². The Labute approximate surface area is 129 Å². The summed E-state index contributed by atoms with van der Waals surface area (Å²) >= 11 is 0. The van der Waals surface area contributed by atoms with Crippen LogP contribution in [0.1, 0.15) is 12.8 Å². The highest BCUT2D eigenvalue weighted by Gasteiger charge is 2.10. The molecule has 6 nitrogen and oxygen atoms in total. The van der Waals surface area contributed by atoms with E-state index in [1.807, 2.05) is 0 Å². The molecule has 0 N–H and O–H groups in total. The molecule has 0 bridgehead atoms. The second-order valence-electron chi connectivity index (χ2n) is 5.45. The molecule has 0 atom stereocenters. The Balaban J connectivity index is 1.30. The van der Waals surface area contributed by atoms with Gasteiger partial charge in [-0.2, -0.15) is 0 Å². The quantitative estimate of drug-likeness (QED) is 0.418. The average Bonchev–Trinajstić information content (AvgIpc) is 2.55. The Hall–Kier alpha value is -0.175. The lowest BCUT2D eigenvalue weighted by atomic mass is 10.3. The zero-order valence-electron chi connectivity index (χ0n) is 13.0. The Morgan fingerprint density at radius 1 is 0.714 bits per heavy atom. The molecule has 1 radical (unpaired) electrons. The molecule has 2 aliphatic rings. The van der Waals surface area contributed by atoms with Crippen molar-refractivity contribution in [2.45, 2.75) is 12.8 Å². The molecule has 0 aliphatic carbocycles. The smallest absolute Gasteiger partial charge is 0.413 e. The molecule has 0 aromatic heterocycles. The number of morpholine rings is 2. The van der Waals surface area contributed by atoms with Gasteiger partial charge in [-0.15, -0.1) is 0 Å². The van der Waals surface area contributed by atoms with E-state index in [2.05, 4.69) is 9.80 Å². The molecule has 2 rings (SSSR count). The van der Waals surface area contributed by atoms with Crippen LogP contribution in [0.25, 0.3) is 0 Å². The largest absolute Gasteiger partial charge is 0.487 e. The Morgan fingerprint density at radius 3 is 1.57 bits per heavy atom. The highest BCUT2D eigenvalue weighted by atomic mass is 16.6. The van der Waals surface area contributed by atoms with E-state index >= 15 is 0 Å². The molecule has 0 aromatic carbocycles. The van der Waals surface area contributed by atoms with Crippen molar-refractivity contribution in [1.82, 2.24) is 9.80 Å². The van der Waals surface area contributed by atoms with Crippen LogP contribution in [0, 0.1) is 0 Å². The van der Waals surface area contributed by atoms with E-state index in [9.17, 15) is 0 Å². The van der Waals surface area contributed by atoms with Crippen LogP contribution < -0.4 is 0 Å². The van der Waals surface area contributed by atoms with E-state index < -0.39 is 0 Å². The normalized spacial score (nSPS) is 21.5. The fourth-order valence-electron chi connectivity index (χ4n) is 2.54. The molecule has 121 valence electrons. The molecule has 2 heterocycles. The van der Waals surface area contributed by atoms with E-state index in [1.165, 1.54) is 7.69 Å². The van der Waals surface area contributed by atoms with Crippen molar-refractivity contribution in [2.75, 3.05) is 78.9 Å². The second-order valence-corrected chi connectivity index (χ2v) is 5.45. The minimum atomic E-state index is 0.723. The molecule has 21 heavy (non-hydrogen) atoms. The lowest BCUT2D eigenvalue weighted by Crippen LogP contribution is -2.37. The first-order valence-corrected chi connectivity index (χ1v) is 8.10. The monoisotopic (exact) mass is 299 g/mol. The molecule has 2 aliphatic heterocycles. The van der Waals surface area contributed by atoms with Crippen LogP contribution >= 0.6 is 0 Å². The first-order valence-electron chi connectivity index (χ1n) is 8.10. The molecule has 0 saturated carbocycles. The van der Waals surface area contributed by atoms with Crippen LogP contribution in [0.3, 0.4) is 0 Å². The third-order valence-corrected chi connectivity index (χ3v) is 3.82. The first-order chi connectivity index (χ1) is 10.4. The molecule has 2 fully saturated rings. The van der Waals surface area contributed by atoms with Crippen LogP contribution in [0.4, 0.5) is 0 Å². The lowest BCUT2D eigenvalue weighted by molar-refractivity contribution is 0.0343. The maximum Gasteiger partial charge on any atom is 0.487 e. The van der Waals surface area contributed by atoms with Gasteiger partial charge in [0.15, 0.2) is 0 Å². The van der Waals surface area contributed by atoms with Crippen molar-refractivity contribution in [1.29, 1.82) is 0 Å². The van der Waals surface area contributed by atoms with Gasteiger partial charge in [0.25, 0.3) is 0 Å². The average molecular weight is 299 g/mol. The van der Waals surface area contributed by atoms with Crippen molar-refractivity contribution in [3.63, 3.8) is 0 Å². The Bertz CT molecular complexity index is 225.